The van der Waals surface area contributed by atoms with Gasteiger partial charge < -0.3 is 14.8 Å². The number of aromatic nitrogens is 3. The van der Waals surface area contributed by atoms with E-state index in [9.17, 15) is 9.59 Å². The summed E-state index contributed by atoms with van der Waals surface area (Å²) in [5.41, 5.74) is 1.65. The molecule has 0 bridgehead atoms. The second kappa shape index (κ2) is 9.88. The second-order valence-electron chi connectivity index (χ2n) is 8.09. The van der Waals surface area contributed by atoms with Gasteiger partial charge in [-0.2, -0.15) is 4.98 Å². The lowest BCUT2D eigenvalue weighted by Crippen LogP contribution is -2.32. The topological polar surface area (TPSA) is 80.1 Å². The van der Waals surface area contributed by atoms with Crippen molar-refractivity contribution in [3.05, 3.63) is 64.1 Å². The van der Waals surface area contributed by atoms with Gasteiger partial charge in [0.05, 0.1) is 5.39 Å². The molecule has 170 valence electrons. The first-order valence-corrected chi connectivity index (χ1v) is 10.7. The molecule has 1 aliphatic heterocycles. The van der Waals surface area contributed by atoms with Crippen molar-refractivity contribution >= 4 is 47.7 Å². The number of carbonyl (C=O) groups excluding carboxylic acids is 1. The quantitative estimate of drug-likeness (QED) is 0.610. The van der Waals surface area contributed by atoms with Crippen LogP contribution in [-0.2, 0) is 6.54 Å². The van der Waals surface area contributed by atoms with Crippen LogP contribution in [0, 0.1) is 0 Å². The van der Waals surface area contributed by atoms with Crippen LogP contribution in [0.4, 0.5) is 5.95 Å². The molecule has 1 amide bonds. The van der Waals surface area contributed by atoms with Crippen molar-refractivity contribution in [2.45, 2.75) is 44.7 Å². The van der Waals surface area contributed by atoms with Gasteiger partial charge in [0, 0.05) is 44.0 Å². The third-order valence-corrected chi connectivity index (χ3v) is 6.11. The van der Waals surface area contributed by atoms with Crippen molar-refractivity contribution < 1.29 is 4.79 Å². The summed E-state index contributed by atoms with van der Waals surface area (Å²) in [7, 11) is 0. The number of amides is 1. The predicted molar refractivity (Wildman–Crippen MR) is 130 cm³/mol. The minimum absolute atomic E-state index is 0. The number of fused-ring (bicyclic) bond motifs is 1. The molecule has 9 heteroatoms. The summed E-state index contributed by atoms with van der Waals surface area (Å²) < 4.78 is 1.87. The van der Waals surface area contributed by atoms with Crippen LogP contribution >= 0.6 is 24.8 Å². The fourth-order valence-corrected chi connectivity index (χ4v) is 4.31. The van der Waals surface area contributed by atoms with Gasteiger partial charge in [-0.25, -0.2) is 4.98 Å². The first-order valence-electron chi connectivity index (χ1n) is 10.7. The summed E-state index contributed by atoms with van der Waals surface area (Å²) in [6, 6.07) is 10.2. The van der Waals surface area contributed by atoms with Crippen molar-refractivity contribution in [3.63, 3.8) is 0 Å². The number of nitrogens with one attached hydrogen (secondary N) is 1. The molecular weight excluding hydrogens is 449 g/mol. The minimum atomic E-state index is -0.323. The zero-order chi connectivity index (χ0) is 20.7. The van der Waals surface area contributed by atoms with Gasteiger partial charge in [0.1, 0.15) is 11.2 Å². The normalized spacial score (nSPS) is 19.2. The number of nitrogens with zero attached hydrogens (tertiary/aromatic N) is 4. The summed E-state index contributed by atoms with van der Waals surface area (Å²) in [4.78, 5) is 37.2. The van der Waals surface area contributed by atoms with Crippen LogP contribution in [0.3, 0.4) is 0 Å². The van der Waals surface area contributed by atoms with Gasteiger partial charge in [0.25, 0.3) is 5.91 Å². The summed E-state index contributed by atoms with van der Waals surface area (Å²) in [6.07, 6.45) is 6.37. The average molecular weight is 476 g/mol. The van der Waals surface area contributed by atoms with Crippen molar-refractivity contribution in [2.75, 3.05) is 18.0 Å². The van der Waals surface area contributed by atoms with E-state index in [1.807, 2.05) is 29.7 Å². The number of rotatable bonds is 5. The number of benzene rings is 1. The van der Waals surface area contributed by atoms with Gasteiger partial charge in [-0.15, -0.1) is 24.8 Å². The van der Waals surface area contributed by atoms with Gasteiger partial charge in [0.15, 0.2) is 0 Å². The largest absolute Gasteiger partial charge is 0.348 e. The van der Waals surface area contributed by atoms with Crippen molar-refractivity contribution in [3.8, 4) is 0 Å². The Morgan fingerprint density at radius 1 is 1.16 bits per heavy atom. The fraction of sp³-hybridized carbons (Fsp3) is 0.391. The van der Waals surface area contributed by atoms with E-state index in [0.717, 1.165) is 32.4 Å². The molecule has 1 N–H and O–H groups in total. The Bertz CT molecular complexity index is 1160. The van der Waals surface area contributed by atoms with Gasteiger partial charge in [-0.3, -0.25) is 9.59 Å². The van der Waals surface area contributed by atoms with Gasteiger partial charge in [-0.05, 0) is 31.7 Å². The van der Waals surface area contributed by atoms with Gasteiger partial charge in [0.2, 0.25) is 11.4 Å². The van der Waals surface area contributed by atoms with Crippen molar-refractivity contribution in [1.82, 2.24) is 19.9 Å². The maximum Gasteiger partial charge on any atom is 0.257 e. The Balaban J connectivity index is 0.00000144. The number of aryl methyl sites for hydroxylation is 1. The second-order valence-corrected chi connectivity index (χ2v) is 8.09. The zero-order valence-electron chi connectivity index (χ0n) is 17.9. The van der Waals surface area contributed by atoms with Gasteiger partial charge in [-0.1, -0.05) is 30.3 Å². The number of pyridine rings is 1. The molecule has 5 rings (SSSR count). The monoisotopic (exact) mass is 475 g/mol. The Kier molecular flexibility index (Phi) is 7.41. The van der Waals surface area contributed by atoms with E-state index < -0.39 is 0 Å². The molecule has 2 aromatic heterocycles. The Morgan fingerprint density at radius 2 is 1.88 bits per heavy atom. The molecule has 3 aromatic rings. The Morgan fingerprint density at radius 3 is 2.56 bits per heavy atom. The molecule has 32 heavy (non-hydrogen) atoms. The molecule has 1 saturated carbocycles. The maximum atomic E-state index is 13.1. The lowest BCUT2D eigenvalue weighted by Gasteiger charge is -2.17. The smallest absolute Gasteiger partial charge is 0.257 e. The van der Waals surface area contributed by atoms with E-state index in [-0.39, 0.29) is 47.8 Å². The molecule has 2 unspecified atom stereocenters. The minimum Gasteiger partial charge on any atom is -0.348 e. The molecule has 1 aliphatic carbocycles. The number of carbonyl (C=O) groups is 1. The summed E-state index contributed by atoms with van der Waals surface area (Å²) >= 11 is 0. The molecule has 2 fully saturated rings. The molecule has 1 saturated heterocycles. The van der Waals surface area contributed by atoms with Crippen LogP contribution in [0.1, 0.15) is 48.0 Å². The van der Waals surface area contributed by atoms with E-state index >= 15 is 0 Å². The molecule has 3 heterocycles. The fourth-order valence-electron chi connectivity index (χ4n) is 4.31. The zero-order valence-corrected chi connectivity index (χ0v) is 19.5. The average Bonchev–Trinajstić information content (AvgIpc) is 3.32. The molecular formula is C23H27Cl2N5O2. The third kappa shape index (κ3) is 4.45. The van der Waals surface area contributed by atoms with Crippen LogP contribution in [0.25, 0.3) is 11.0 Å². The summed E-state index contributed by atoms with van der Waals surface area (Å²) in [5.74, 6) is 0.647. The van der Waals surface area contributed by atoms with E-state index in [1.54, 1.807) is 12.4 Å². The molecule has 0 spiro atoms. The van der Waals surface area contributed by atoms with Gasteiger partial charge >= 0.3 is 0 Å². The van der Waals surface area contributed by atoms with E-state index in [2.05, 4.69) is 32.3 Å². The van der Waals surface area contributed by atoms with E-state index in [0.29, 0.717) is 29.4 Å². The lowest BCUT2D eigenvalue weighted by atomic mass is 10.1. The van der Waals surface area contributed by atoms with Crippen LogP contribution in [-0.4, -0.2) is 39.6 Å². The van der Waals surface area contributed by atoms with Crippen LogP contribution < -0.4 is 15.6 Å². The number of hydrogen-bond donors (Lipinski definition) is 1. The highest BCUT2D eigenvalue weighted by atomic mass is 35.5. The molecule has 0 radical (unpaired) electrons. The number of anilines is 1. The maximum absolute atomic E-state index is 13.1. The van der Waals surface area contributed by atoms with Crippen LogP contribution in [0.2, 0.25) is 0 Å². The molecule has 2 aliphatic rings. The first kappa shape index (κ1) is 24.0. The highest BCUT2D eigenvalue weighted by Gasteiger charge is 2.39. The van der Waals surface area contributed by atoms with Crippen LogP contribution in [0.15, 0.2) is 47.5 Å². The third-order valence-electron chi connectivity index (χ3n) is 6.11. The van der Waals surface area contributed by atoms with Crippen molar-refractivity contribution in [1.29, 1.82) is 0 Å². The SMILES string of the molecule is CCn1cc(C(=O)NC2CC2c2ccccc2)c(=O)c2cnc(N3CCCC3)nc21.Cl.Cl. The van der Waals surface area contributed by atoms with E-state index in [4.69, 9.17) is 0 Å². The van der Waals surface area contributed by atoms with E-state index in [1.165, 1.54) is 5.56 Å². The van der Waals surface area contributed by atoms with Crippen molar-refractivity contribution in [2.24, 2.45) is 0 Å². The Labute approximate surface area is 199 Å². The molecule has 1 aromatic carbocycles. The Hall–Kier alpha value is -2.64. The predicted octanol–water partition coefficient (Wildman–Crippen LogP) is 3.54. The first-order chi connectivity index (χ1) is 14.7. The lowest BCUT2D eigenvalue weighted by molar-refractivity contribution is 0.0948. The number of halogens is 2. The standard InChI is InChI=1S/C23H25N5O2.2ClH/c1-2-27-14-18(22(30)25-19-12-16(19)15-8-4-3-5-9-15)20(29)17-13-24-23(26-21(17)27)28-10-6-7-11-28;;/h3-5,8-9,13-14,16,19H,2,6-7,10-12H2,1H3,(H,25,30);2*1H. The molecule has 7 nitrogen and oxygen atoms in total. The van der Waals surface area contributed by atoms with Crippen LogP contribution in [0.5, 0.6) is 0 Å². The highest BCUT2D eigenvalue weighted by molar-refractivity contribution is 5.97. The summed E-state index contributed by atoms with van der Waals surface area (Å²) in [5, 5.41) is 3.42. The highest BCUT2D eigenvalue weighted by Crippen LogP contribution is 2.40. The number of hydrogen-bond acceptors (Lipinski definition) is 5. The summed E-state index contributed by atoms with van der Waals surface area (Å²) in [6.45, 7) is 4.47. The molecule has 2 atom stereocenters.